The molecular formula is C38H62N10O3S. The fraction of sp³-hybridized carbons (Fsp3) is 0.711. The van der Waals surface area contributed by atoms with Gasteiger partial charge in [-0.05, 0) is 55.6 Å². The molecule has 2 aromatic heterocycles. The first kappa shape index (κ1) is 41.1. The van der Waals surface area contributed by atoms with Gasteiger partial charge in [0, 0.05) is 50.2 Å². The Bertz CT molecular complexity index is 1400. The quantitative estimate of drug-likeness (QED) is 0.136. The van der Waals surface area contributed by atoms with Gasteiger partial charge in [0.05, 0.1) is 17.8 Å². The Hall–Kier alpha value is -3.65. The first-order valence-electron chi connectivity index (χ1n) is 19.4. The number of amides is 4. The molecule has 0 spiro atoms. The molecule has 2 heterocycles. The Morgan fingerprint density at radius 3 is 2.31 bits per heavy atom. The maximum atomic E-state index is 14.3. The van der Waals surface area contributed by atoms with E-state index < -0.39 is 36.1 Å². The monoisotopic (exact) mass is 738 g/mol. The van der Waals surface area contributed by atoms with Crippen molar-refractivity contribution in [3.63, 3.8) is 0 Å². The van der Waals surface area contributed by atoms with Crippen molar-refractivity contribution in [2.45, 2.75) is 128 Å². The van der Waals surface area contributed by atoms with Crippen molar-refractivity contribution in [3.05, 3.63) is 46.7 Å². The molecule has 4 atom stereocenters. The number of thiazole rings is 1. The van der Waals surface area contributed by atoms with E-state index in [0.29, 0.717) is 55.0 Å². The first-order chi connectivity index (χ1) is 25.0. The molecule has 0 saturated heterocycles. The summed E-state index contributed by atoms with van der Waals surface area (Å²) < 4.78 is 0. The standard InChI is InChI=1S/C38H62N10O3S/c1-26(2)20-31(39)35(46-41)32(21-27-12-6-4-7-13-27)44-36(50)33(22-30-25-52-37(40)43-30)45-38(51)48(23-28-14-8-5-9-15-28)24-34(49)47(3)19-17-29-16-10-11-18-42-29/h10-11,16,18,25-28,31-33,35,46H,4-9,12-15,17,19-24,39H2,1-3H3,(H2,40,43)(H,44,50)(H,45,51)/t31-,32-,33-,35-/m0/s1. The van der Waals surface area contributed by atoms with Crippen molar-refractivity contribution in [1.82, 2.24) is 30.4 Å². The lowest BCUT2D eigenvalue weighted by atomic mass is 9.81. The van der Waals surface area contributed by atoms with E-state index in [9.17, 15) is 19.9 Å². The van der Waals surface area contributed by atoms with E-state index in [-0.39, 0.29) is 24.8 Å². The number of nitrogen functional groups attached to an aromatic ring is 1. The highest BCUT2D eigenvalue weighted by molar-refractivity contribution is 7.13. The Morgan fingerprint density at radius 1 is 1.02 bits per heavy atom. The number of carbonyl (C=O) groups is 3. The number of anilines is 1. The minimum atomic E-state index is -1.01. The van der Waals surface area contributed by atoms with Crippen LogP contribution in [0.4, 0.5) is 9.93 Å². The summed E-state index contributed by atoms with van der Waals surface area (Å²) in [6.45, 7) is 4.94. The molecule has 0 aromatic carbocycles. The fourth-order valence-electron chi connectivity index (χ4n) is 7.75. The summed E-state index contributed by atoms with van der Waals surface area (Å²) in [6.07, 6.45) is 14.7. The van der Waals surface area contributed by atoms with Gasteiger partial charge in [-0.15, -0.1) is 11.3 Å². The van der Waals surface area contributed by atoms with E-state index >= 15 is 0 Å². The number of likely N-dealkylation sites (N-methyl/N-ethyl adjacent to an activating group) is 1. The average Bonchev–Trinajstić information content (AvgIpc) is 3.55. The summed E-state index contributed by atoms with van der Waals surface area (Å²) >= 11 is 1.27. The molecular weight excluding hydrogens is 677 g/mol. The molecule has 0 radical (unpaired) electrons. The zero-order chi connectivity index (χ0) is 37.5. The van der Waals surface area contributed by atoms with Crippen LogP contribution in [0.15, 0.2) is 29.8 Å². The number of hydrogen-bond donors (Lipinski definition) is 5. The van der Waals surface area contributed by atoms with Crippen LogP contribution in [0.25, 0.3) is 5.53 Å². The van der Waals surface area contributed by atoms with E-state index in [0.717, 1.165) is 57.1 Å². The smallest absolute Gasteiger partial charge is 0.318 e. The van der Waals surface area contributed by atoms with Gasteiger partial charge < -0.3 is 42.5 Å². The minimum Gasteiger partial charge on any atom is -0.508 e. The van der Waals surface area contributed by atoms with Crippen molar-refractivity contribution < 1.29 is 19.5 Å². The third-order valence-electron chi connectivity index (χ3n) is 10.7. The van der Waals surface area contributed by atoms with Gasteiger partial charge in [0.25, 0.3) is 0 Å². The summed E-state index contributed by atoms with van der Waals surface area (Å²) in [5, 5.41) is 10.8. The molecule has 14 heteroatoms. The number of urea groups is 1. The van der Waals surface area contributed by atoms with Gasteiger partial charge in [-0.25, -0.2) is 9.78 Å². The molecule has 4 amide bonds. The number of aromatic nitrogens is 2. The number of nitrogens with zero attached hydrogens (tertiary/aromatic N) is 5. The topological polar surface area (TPSA) is 196 Å². The molecule has 0 bridgehead atoms. The van der Waals surface area contributed by atoms with Crippen LogP contribution in [0.2, 0.25) is 0 Å². The molecule has 2 aliphatic carbocycles. The highest BCUT2D eigenvalue weighted by Gasteiger charge is 2.36. The largest absolute Gasteiger partial charge is 0.508 e. The molecule has 52 heavy (non-hydrogen) atoms. The molecule has 7 N–H and O–H groups in total. The number of hydrogen-bond acceptors (Lipinski definition) is 8. The lowest BCUT2D eigenvalue weighted by molar-refractivity contribution is -0.534. The van der Waals surface area contributed by atoms with Gasteiger partial charge in [0.2, 0.25) is 11.8 Å². The van der Waals surface area contributed by atoms with Crippen LogP contribution in [0.1, 0.15) is 102 Å². The van der Waals surface area contributed by atoms with Crippen LogP contribution in [-0.2, 0) is 22.4 Å². The van der Waals surface area contributed by atoms with Gasteiger partial charge in [-0.2, -0.15) is 0 Å². The third-order valence-corrected chi connectivity index (χ3v) is 11.4. The minimum absolute atomic E-state index is 0.107. The zero-order valence-electron chi connectivity index (χ0n) is 31.5. The first-order valence-corrected chi connectivity index (χ1v) is 20.2. The van der Waals surface area contributed by atoms with Crippen LogP contribution in [0, 0.1) is 17.8 Å². The van der Waals surface area contributed by atoms with Gasteiger partial charge >= 0.3 is 6.03 Å². The summed E-state index contributed by atoms with van der Waals surface area (Å²) in [7, 11) is 1.74. The Labute approximate surface area is 314 Å². The van der Waals surface area contributed by atoms with E-state index in [2.05, 4.69) is 39.6 Å². The van der Waals surface area contributed by atoms with E-state index in [4.69, 9.17) is 11.5 Å². The third kappa shape index (κ3) is 13.4. The molecule has 2 aromatic rings. The number of rotatable bonds is 19. The molecule has 0 aliphatic heterocycles. The Balaban J connectivity index is 1.54. The molecule has 2 fully saturated rings. The second kappa shape index (κ2) is 21.2. The van der Waals surface area contributed by atoms with E-state index in [1.165, 1.54) is 24.2 Å². The average molecular weight is 739 g/mol. The predicted molar refractivity (Wildman–Crippen MR) is 205 cm³/mol. The zero-order valence-corrected chi connectivity index (χ0v) is 32.3. The van der Waals surface area contributed by atoms with Crippen LogP contribution >= 0.6 is 11.3 Å². The summed E-state index contributed by atoms with van der Waals surface area (Å²) in [6, 6.07) is 2.77. The normalized spacial score (nSPS) is 17.9. The predicted octanol–water partition coefficient (Wildman–Crippen LogP) is 3.62. The Kier molecular flexibility index (Phi) is 16.7. The number of nitrogens with two attached hydrogens (primary N) is 2. The van der Waals surface area contributed by atoms with Crippen molar-refractivity contribution in [2.75, 3.05) is 32.4 Å². The highest BCUT2D eigenvalue weighted by atomic mass is 32.1. The van der Waals surface area contributed by atoms with Crippen LogP contribution < -0.4 is 27.2 Å². The van der Waals surface area contributed by atoms with Crippen molar-refractivity contribution in [3.8, 4) is 0 Å². The van der Waals surface area contributed by atoms with Crippen molar-refractivity contribution >= 4 is 34.3 Å². The van der Waals surface area contributed by atoms with Gasteiger partial charge in [0.15, 0.2) is 11.2 Å². The second-order valence-corrected chi connectivity index (χ2v) is 16.3. The lowest BCUT2D eigenvalue weighted by Crippen LogP contribution is -2.83. The Morgan fingerprint density at radius 2 is 1.71 bits per heavy atom. The number of pyridine rings is 1. The van der Waals surface area contributed by atoms with Gasteiger partial charge in [0.1, 0.15) is 12.6 Å². The molecule has 2 aliphatic rings. The van der Waals surface area contributed by atoms with Crippen LogP contribution in [0.3, 0.4) is 0 Å². The van der Waals surface area contributed by atoms with Gasteiger partial charge in [-0.1, -0.05) is 71.3 Å². The fourth-order valence-corrected chi connectivity index (χ4v) is 8.32. The maximum Gasteiger partial charge on any atom is 0.318 e. The van der Waals surface area contributed by atoms with Crippen molar-refractivity contribution in [1.29, 1.82) is 0 Å². The van der Waals surface area contributed by atoms with Gasteiger partial charge in [-0.3, -0.25) is 14.6 Å². The summed E-state index contributed by atoms with van der Waals surface area (Å²) in [5.41, 5.74) is 24.5. The second-order valence-electron chi connectivity index (χ2n) is 15.5. The number of carbonyl (C=O) groups excluding carboxylic acids is 3. The summed E-state index contributed by atoms with van der Waals surface area (Å²) in [4.78, 5) is 54.1. The molecule has 4 rings (SSSR count). The van der Waals surface area contributed by atoms with Crippen LogP contribution in [-0.4, -0.2) is 88.5 Å². The van der Waals surface area contributed by atoms with E-state index in [1.807, 2.05) is 18.2 Å². The van der Waals surface area contributed by atoms with E-state index in [1.54, 1.807) is 28.4 Å². The number of nitrogens with one attached hydrogen (secondary N) is 3. The molecule has 13 nitrogen and oxygen atoms in total. The molecule has 0 unspecified atom stereocenters. The maximum absolute atomic E-state index is 14.3. The van der Waals surface area contributed by atoms with Crippen LogP contribution in [0.5, 0.6) is 0 Å². The molecule has 2 saturated carbocycles. The van der Waals surface area contributed by atoms with Crippen molar-refractivity contribution in [2.24, 2.45) is 23.5 Å². The highest BCUT2D eigenvalue weighted by Crippen LogP contribution is 2.29. The lowest BCUT2D eigenvalue weighted by Gasteiger charge is -2.34. The summed E-state index contributed by atoms with van der Waals surface area (Å²) in [5.74, 6) is 0.383. The SMILES string of the molecule is CC(C)C[C@H](N)[C@H]([NH+]=[N-])[C@H](CC1CCCCC1)NC(=O)[C@H](Cc1csc(N)n1)NC(=O)N(CC(=O)N(C)CCc1ccccn1)CC1CCCCC1. The molecule has 288 valence electrons.